The van der Waals surface area contributed by atoms with Crippen molar-refractivity contribution < 1.29 is 4.43 Å². The Morgan fingerprint density at radius 2 is 1.94 bits per heavy atom. The first-order valence-corrected chi connectivity index (χ1v) is 9.59. The summed E-state index contributed by atoms with van der Waals surface area (Å²) in [5, 5.41) is 0. The van der Waals surface area contributed by atoms with Crippen LogP contribution < -0.4 is 5.73 Å². The lowest BCUT2D eigenvalue weighted by molar-refractivity contribution is 0.0231. The Kier molecular flexibility index (Phi) is 5.48. The monoisotopic (exact) mass is 243 g/mol. The maximum absolute atomic E-state index is 6.69. The van der Waals surface area contributed by atoms with Crippen molar-refractivity contribution in [3.8, 4) is 0 Å². The molecule has 2 nitrogen and oxygen atoms in total. The van der Waals surface area contributed by atoms with Gasteiger partial charge in [-0.3, -0.25) is 0 Å². The zero-order valence-electron chi connectivity index (χ0n) is 11.3. The first-order chi connectivity index (χ1) is 7.66. The first-order valence-electron chi connectivity index (χ1n) is 7.06. The molecule has 1 aliphatic heterocycles. The van der Waals surface area contributed by atoms with Gasteiger partial charge < -0.3 is 10.2 Å². The van der Waals surface area contributed by atoms with E-state index in [0.717, 1.165) is 13.0 Å². The van der Waals surface area contributed by atoms with Crippen LogP contribution in [0.3, 0.4) is 0 Å². The molecule has 0 amide bonds. The SMILES string of the molecule is CCC1(CC)CCC[Si](CC)(CCCN)O1. The summed E-state index contributed by atoms with van der Waals surface area (Å²) in [4.78, 5) is 0. The third-order valence-electron chi connectivity index (χ3n) is 4.47. The smallest absolute Gasteiger partial charge is 0.193 e. The second kappa shape index (κ2) is 6.17. The highest BCUT2D eigenvalue weighted by atomic mass is 28.4. The molecule has 0 spiro atoms. The lowest BCUT2D eigenvalue weighted by Crippen LogP contribution is -2.51. The van der Waals surface area contributed by atoms with E-state index in [0.29, 0.717) is 0 Å². The van der Waals surface area contributed by atoms with Crippen LogP contribution in [0.2, 0.25) is 18.1 Å². The fraction of sp³-hybridized carbons (Fsp3) is 1.00. The summed E-state index contributed by atoms with van der Waals surface area (Å²) in [6.07, 6.45) is 6.18. The molecule has 0 saturated carbocycles. The van der Waals surface area contributed by atoms with Crippen molar-refractivity contribution >= 4 is 8.32 Å². The lowest BCUT2D eigenvalue weighted by Gasteiger charge is -2.47. The molecule has 1 aliphatic rings. The van der Waals surface area contributed by atoms with Crippen LogP contribution in [-0.4, -0.2) is 20.5 Å². The Balaban J connectivity index is 2.70. The minimum atomic E-state index is -1.43. The van der Waals surface area contributed by atoms with Crippen LogP contribution >= 0.6 is 0 Å². The van der Waals surface area contributed by atoms with Gasteiger partial charge in [0.1, 0.15) is 0 Å². The molecule has 1 unspecified atom stereocenters. The van der Waals surface area contributed by atoms with Crippen molar-refractivity contribution in [2.45, 2.75) is 76.6 Å². The van der Waals surface area contributed by atoms with Gasteiger partial charge in [0.15, 0.2) is 8.32 Å². The van der Waals surface area contributed by atoms with Crippen LogP contribution in [0.1, 0.15) is 52.9 Å². The van der Waals surface area contributed by atoms with Gasteiger partial charge in [0.25, 0.3) is 0 Å². The molecule has 1 fully saturated rings. The highest BCUT2D eigenvalue weighted by Crippen LogP contribution is 2.41. The summed E-state index contributed by atoms with van der Waals surface area (Å²) in [6, 6.07) is 3.92. The fourth-order valence-corrected chi connectivity index (χ4v) is 7.35. The molecular formula is C13H29NOSi. The van der Waals surface area contributed by atoms with Crippen LogP contribution in [0.15, 0.2) is 0 Å². The van der Waals surface area contributed by atoms with E-state index < -0.39 is 8.32 Å². The second-order valence-electron chi connectivity index (χ2n) is 5.27. The van der Waals surface area contributed by atoms with Crippen molar-refractivity contribution in [1.29, 1.82) is 0 Å². The molecule has 0 aliphatic carbocycles. The minimum Gasteiger partial charge on any atom is -0.411 e. The van der Waals surface area contributed by atoms with Gasteiger partial charge in [-0.25, -0.2) is 0 Å². The van der Waals surface area contributed by atoms with Gasteiger partial charge in [-0.1, -0.05) is 27.2 Å². The molecule has 0 bridgehead atoms. The number of hydrogen-bond acceptors (Lipinski definition) is 2. The Hall–Kier alpha value is 0.137. The van der Waals surface area contributed by atoms with Gasteiger partial charge >= 0.3 is 0 Å². The Morgan fingerprint density at radius 3 is 2.44 bits per heavy atom. The molecule has 96 valence electrons. The summed E-state index contributed by atoms with van der Waals surface area (Å²) in [5.41, 5.74) is 5.88. The zero-order valence-corrected chi connectivity index (χ0v) is 12.3. The lowest BCUT2D eigenvalue weighted by atomic mass is 9.92. The summed E-state index contributed by atoms with van der Waals surface area (Å²) in [5.74, 6) is 0. The minimum absolute atomic E-state index is 0.217. The van der Waals surface area contributed by atoms with Crippen molar-refractivity contribution in [3.05, 3.63) is 0 Å². The van der Waals surface area contributed by atoms with Crippen LogP contribution in [0.5, 0.6) is 0 Å². The van der Waals surface area contributed by atoms with Crippen LogP contribution in [0, 0.1) is 0 Å². The van der Waals surface area contributed by atoms with Gasteiger partial charge in [0.05, 0.1) is 5.60 Å². The predicted molar refractivity (Wildman–Crippen MR) is 73.2 cm³/mol. The number of hydrogen-bond donors (Lipinski definition) is 1. The van der Waals surface area contributed by atoms with Crippen LogP contribution in [0.4, 0.5) is 0 Å². The van der Waals surface area contributed by atoms with E-state index in [1.807, 2.05) is 0 Å². The number of rotatable bonds is 6. The fourth-order valence-electron chi connectivity index (χ4n) is 3.07. The van der Waals surface area contributed by atoms with E-state index in [4.69, 9.17) is 10.2 Å². The highest BCUT2D eigenvalue weighted by molar-refractivity contribution is 6.74. The van der Waals surface area contributed by atoms with Gasteiger partial charge in [0.2, 0.25) is 0 Å². The van der Waals surface area contributed by atoms with Gasteiger partial charge in [-0.2, -0.15) is 0 Å². The average molecular weight is 243 g/mol. The standard InChI is InChI=1S/C13H29NOSi/c1-4-13(5-2)9-7-11-16(6-3,15-13)12-8-10-14/h4-12,14H2,1-3H3. The summed E-state index contributed by atoms with van der Waals surface area (Å²) in [6.45, 7) is 7.71. The Bertz CT molecular complexity index is 206. The largest absolute Gasteiger partial charge is 0.411 e. The van der Waals surface area contributed by atoms with Gasteiger partial charge in [-0.15, -0.1) is 0 Å². The molecule has 0 aromatic heterocycles. The van der Waals surface area contributed by atoms with Crippen molar-refractivity contribution in [3.63, 3.8) is 0 Å². The molecule has 16 heavy (non-hydrogen) atoms. The summed E-state index contributed by atoms with van der Waals surface area (Å²) in [7, 11) is -1.43. The van der Waals surface area contributed by atoms with Gasteiger partial charge in [0, 0.05) is 0 Å². The average Bonchev–Trinajstić information content (AvgIpc) is 2.36. The summed E-state index contributed by atoms with van der Waals surface area (Å²) < 4.78 is 6.69. The molecule has 3 heteroatoms. The van der Waals surface area contributed by atoms with Crippen LogP contribution in [0.25, 0.3) is 0 Å². The third-order valence-corrected chi connectivity index (χ3v) is 9.15. The quantitative estimate of drug-likeness (QED) is 0.722. The van der Waals surface area contributed by atoms with Crippen molar-refractivity contribution in [1.82, 2.24) is 0 Å². The number of nitrogens with two attached hydrogens (primary N) is 1. The molecule has 2 N–H and O–H groups in total. The van der Waals surface area contributed by atoms with Crippen molar-refractivity contribution in [2.75, 3.05) is 6.54 Å². The van der Waals surface area contributed by atoms with E-state index in [-0.39, 0.29) is 5.60 Å². The zero-order chi connectivity index (χ0) is 12.1. The molecule has 0 aromatic carbocycles. The molecule has 1 saturated heterocycles. The second-order valence-corrected chi connectivity index (χ2v) is 9.55. The predicted octanol–water partition coefficient (Wildman–Crippen LogP) is 3.67. The van der Waals surface area contributed by atoms with E-state index in [1.165, 1.54) is 43.8 Å². The Labute approximate surface area is 102 Å². The Morgan fingerprint density at radius 1 is 1.25 bits per heavy atom. The first kappa shape index (κ1) is 14.2. The maximum atomic E-state index is 6.69. The molecule has 1 rings (SSSR count). The molecule has 1 atom stereocenters. The van der Waals surface area contributed by atoms with E-state index in [2.05, 4.69) is 20.8 Å². The molecule has 1 heterocycles. The molecular weight excluding hydrogens is 214 g/mol. The topological polar surface area (TPSA) is 35.2 Å². The van der Waals surface area contributed by atoms with E-state index >= 15 is 0 Å². The van der Waals surface area contributed by atoms with E-state index in [1.54, 1.807) is 0 Å². The normalized spacial score (nSPS) is 29.2. The molecule has 0 aromatic rings. The summed E-state index contributed by atoms with van der Waals surface area (Å²) >= 11 is 0. The highest BCUT2D eigenvalue weighted by Gasteiger charge is 2.44. The molecule has 0 radical (unpaired) electrons. The van der Waals surface area contributed by atoms with Gasteiger partial charge in [-0.05, 0) is 50.4 Å². The third kappa shape index (κ3) is 3.08. The maximum Gasteiger partial charge on any atom is 0.193 e. The van der Waals surface area contributed by atoms with E-state index in [9.17, 15) is 0 Å². The van der Waals surface area contributed by atoms with Crippen LogP contribution in [-0.2, 0) is 4.43 Å². The van der Waals surface area contributed by atoms with Crippen molar-refractivity contribution in [2.24, 2.45) is 5.73 Å².